The Hall–Kier alpha value is -0.620. The third-order valence-electron chi connectivity index (χ3n) is 3.42. The normalized spacial score (nSPS) is 18.7. The number of carbonyl (C=O) groups is 1. The van der Waals surface area contributed by atoms with Gasteiger partial charge in [0, 0.05) is 13.1 Å². The maximum absolute atomic E-state index is 12.1. The molecule has 0 saturated carbocycles. The minimum Gasteiger partial charge on any atom is -0.466 e. The van der Waals surface area contributed by atoms with E-state index in [4.69, 9.17) is 4.74 Å². The number of ether oxygens (including phenoxy) is 1. The van der Waals surface area contributed by atoms with Gasteiger partial charge < -0.3 is 4.74 Å². The van der Waals surface area contributed by atoms with Crippen LogP contribution < -0.4 is 0 Å². The van der Waals surface area contributed by atoms with Crippen molar-refractivity contribution in [3.8, 4) is 0 Å². The van der Waals surface area contributed by atoms with Crippen molar-refractivity contribution < 1.29 is 17.9 Å². The summed E-state index contributed by atoms with van der Waals surface area (Å²) in [6.45, 7) is 7.06. The van der Waals surface area contributed by atoms with Gasteiger partial charge in [0.25, 0.3) is 0 Å². The zero-order chi connectivity index (χ0) is 14.5. The topological polar surface area (TPSA) is 63.7 Å². The lowest BCUT2D eigenvalue weighted by Gasteiger charge is -2.30. The van der Waals surface area contributed by atoms with Crippen molar-refractivity contribution in [2.75, 3.05) is 25.4 Å². The van der Waals surface area contributed by atoms with Gasteiger partial charge in [-0.25, -0.2) is 12.7 Å². The molecular weight excluding hydrogens is 266 g/mol. The first-order chi connectivity index (χ1) is 8.86. The number of hydrogen-bond donors (Lipinski definition) is 0. The smallest absolute Gasteiger partial charge is 0.309 e. The lowest BCUT2D eigenvalue weighted by molar-refractivity contribution is -0.149. The summed E-state index contributed by atoms with van der Waals surface area (Å²) in [5.74, 6) is 0.249. The summed E-state index contributed by atoms with van der Waals surface area (Å²) in [5, 5.41) is 0. The fourth-order valence-electron chi connectivity index (χ4n) is 2.14. The third-order valence-corrected chi connectivity index (χ3v) is 5.32. The van der Waals surface area contributed by atoms with E-state index in [0.717, 1.165) is 0 Å². The number of nitrogens with zero attached hydrogens (tertiary/aromatic N) is 1. The molecule has 0 atom stereocenters. The van der Waals surface area contributed by atoms with E-state index in [1.807, 2.05) is 13.8 Å². The Balaban J connectivity index is 2.46. The Labute approximate surface area is 116 Å². The molecule has 112 valence electrons. The van der Waals surface area contributed by atoms with E-state index in [2.05, 4.69) is 0 Å². The quantitative estimate of drug-likeness (QED) is 0.698. The summed E-state index contributed by atoms with van der Waals surface area (Å²) in [6.07, 6.45) is 1.82. The highest BCUT2D eigenvalue weighted by molar-refractivity contribution is 7.89. The molecule has 5 nitrogen and oxygen atoms in total. The van der Waals surface area contributed by atoms with E-state index in [1.165, 1.54) is 4.31 Å². The van der Waals surface area contributed by atoms with Gasteiger partial charge in [0.05, 0.1) is 18.3 Å². The third kappa shape index (κ3) is 5.10. The molecule has 1 rings (SSSR count). The summed E-state index contributed by atoms with van der Waals surface area (Å²) >= 11 is 0. The number of hydrogen-bond acceptors (Lipinski definition) is 4. The summed E-state index contributed by atoms with van der Waals surface area (Å²) in [7, 11) is -3.16. The van der Waals surface area contributed by atoms with Gasteiger partial charge >= 0.3 is 5.97 Å². The van der Waals surface area contributed by atoms with E-state index >= 15 is 0 Å². The first-order valence-electron chi connectivity index (χ1n) is 7.01. The monoisotopic (exact) mass is 291 g/mol. The number of carbonyl (C=O) groups excluding carboxylic acids is 1. The van der Waals surface area contributed by atoms with Crippen molar-refractivity contribution in [1.29, 1.82) is 0 Å². The lowest BCUT2D eigenvalue weighted by Crippen LogP contribution is -2.41. The Morgan fingerprint density at radius 2 is 1.89 bits per heavy atom. The molecule has 0 aromatic rings. The second-order valence-corrected chi connectivity index (χ2v) is 7.51. The van der Waals surface area contributed by atoms with Gasteiger partial charge in [-0.3, -0.25) is 4.79 Å². The second-order valence-electron chi connectivity index (χ2n) is 5.42. The number of rotatable bonds is 6. The zero-order valence-corrected chi connectivity index (χ0v) is 12.9. The number of esters is 1. The molecule has 0 bridgehead atoms. The molecule has 1 aliphatic heterocycles. The fraction of sp³-hybridized carbons (Fsp3) is 0.923. The molecule has 0 aliphatic carbocycles. The Kier molecular flexibility index (Phi) is 6.26. The summed E-state index contributed by atoms with van der Waals surface area (Å²) < 4.78 is 30.7. The minimum atomic E-state index is -3.16. The predicted octanol–water partition coefficient (Wildman–Crippen LogP) is 1.64. The highest BCUT2D eigenvalue weighted by Crippen LogP contribution is 2.21. The molecule has 1 fully saturated rings. The summed E-state index contributed by atoms with van der Waals surface area (Å²) in [6, 6.07) is 0. The highest BCUT2D eigenvalue weighted by atomic mass is 32.2. The van der Waals surface area contributed by atoms with Gasteiger partial charge in [0.15, 0.2) is 0 Å². The van der Waals surface area contributed by atoms with Crippen LogP contribution >= 0.6 is 0 Å². The maximum atomic E-state index is 12.1. The first kappa shape index (κ1) is 16.4. The second kappa shape index (κ2) is 7.24. The van der Waals surface area contributed by atoms with Crippen LogP contribution in [-0.4, -0.2) is 44.1 Å². The van der Waals surface area contributed by atoms with Crippen LogP contribution in [0.4, 0.5) is 0 Å². The zero-order valence-electron chi connectivity index (χ0n) is 12.1. The van der Waals surface area contributed by atoms with Crippen LogP contribution in [0, 0.1) is 11.8 Å². The molecule has 1 heterocycles. The minimum absolute atomic E-state index is 0.142. The number of piperidine rings is 1. The standard InChI is InChI=1S/C13H25NO4S/c1-4-18-13(15)12-5-8-14(9-6-12)19(16,17)10-7-11(2)3/h11-12H,4-10H2,1-3H3. The Morgan fingerprint density at radius 1 is 1.32 bits per heavy atom. The molecule has 0 aromatic carbocycles. The highest BCUT2D eigenvalue weighted by Gasteiger charge is 2.31. The maximum Gasteiger partial charge on any atom is 0.309 e. The Morgan fingerprint density at radius 3 is 2.37 bits per heavy atom. The lowest BCUT2D eigenvalue weighted by atomic mass is 9.98. The van der Waals surface area contributed by atoms with Gasteiger partial charge in [0.1, 0.15) is 0 Å². The van der Waals surface area contributed by atoms with Gasteiger partial charge in [-0.2, -0.15) is 0 Å². The van der Waals surface area contributed by atoms with Gasteiger partial charge in [-0.15, -0.1) is 0 Å². The van der Waals surface area contributed by atoms with E-state index in [-0.39, 0.29) is 17.6 Å². The van der Waals surface area contributed by atoms with E-state index in [0.29, 0.717) is 44.9 Å². The average molecular weight is 291 g/mol. The molecule has 0 unspecified atom stereocenters. The van der Waals surface area contributed by atoms with Crippen LogP contribution in [-0.2, 0) is 19.6 Å². The van der Waals surface area contributed by atoms with Crippen molar-refractivity contribution in [3.05, 3.63) is 0 Å². The average Bonchev–Trinajstić information content (AvgIpc) is 2.37. The van der Waals surface area contributed by atoms with Crippen LogP contribution in [0.3, 0.4) is 0 Å². The molecule has 0 amide bonds. The van der Waals surface area contributed by atoms with Crippen LogP contribution in [0.5, 0.6) is 0 Å². The Bertz CT molecular complexity index is 383. The first-order valence-corrected chi connectivity index (χ1v) is 8.62. The van der Waals surface area contributed by atoms with Crippen molar-refractivity contribution in [2.24, 2.45) is 11.8 Å². The SMILES string of the molecule is CCOC(=O)C1CCN(S(=O)(=O)CCC(C)C)CC1. The molecule has 19 heavy (non-hydrogen) atoms. The van der Waals surface area contributed by atoms with Crippen molar-refractivity contribution >= 4 is 16.0 Å². The van der Waals surface area contributed by atoms with Crippen LogP contribution in [0.25, 0.3) is 0 Å². The van der Waals surface area contributed by atoms with Crippen LogP contribution in [0.2, 0.25) is 0 Å². The number of sulfonamides is 1. The molecule has 1 saturated heterocycles. The van der Waals surface area contributed by atoms with Gasteiger partial charge in [0.2, 0.25) is 10.0 Å². The van der Waals surface area contributed by atoms with Crippen LogP contribution in [0.15, 0.2) is 0 Å². The molecular formula is C13H25NO4S. The van der Waals surface area contributed by atoms with Crippen LogP contribution in [0.1, 0.15) is 40.0 Å². The largest absolute Gasteiger partial charge is 0.466 e. The van der Waals surface area contributed by atoms with E-state index in [9.17, 15) is 13.2 Å². The van der Waals surface area contributed by atoms with Gasteiger partial charge in [-0.1, -0.05) is 13.8 Å². The van der Waals surface area contributed by atoms with Crippen molar-refractivity contribution in [3.63, 3.8) is 0 Å². The van der Waals surface area contributed by atoms with E-state index in [1.54, 1.807) is 6.92 Å². The van der Waals surface area contributed by atoms with Gasteiger partial charge in [-0.05, 0) is 32.1 Å². The van der Waals surface area contributed by atoms with E-state index < -0.39 is 10.0 Å². The molecule has 0 N–H and O–H groups in total. The summed E-state index contributed by atoms with van der Waals surface area (Å²) in [4.78, 5) is 11.6. The molecule has 0 aromatic heterocycles. The molecule has 6 heteroatoms. The molecule has 0 spiro atoms. The molecule has 1 aliphatic rings. The fourth-order valence-corrected chi connectivity index (χ4v) is 3.94. The molecule has 0 radical (unpaired) electrons. The van der Waals surface area contributed by atoms with Crippen molar-refractivity contribution in [1.82, 2.24) is 4.31 Å². The van der Waals surface area contributed by atoms with Crippen molar-refractivity contribution in [2.45, 2.75) is 40.0 Å². The predicted molar refractivity (Wildman–Crippen MR) is 74.2 cm³/mol. The summed E-state index contributed by atoms with van der Waals surface area (Å²) in [5.41, 5.74) is 0.